The van der Waals surface area contributed by atoms with E-state index in [9.17, 15) is 13.6 Å². The van der Waals surface area contributed by atoms with Crippen LogP contribution in [-0.2, 0) is 6.54 Å². The van der Waals surface area contributed by atoms with E-state index in [0.29, 0.717) is 11.6 Å². The number of carbonyl (C=O) groups is 1. The van der Waals surface area contributed by atoms with Crippen LogP contribution in [0, 0.1) is 11.6 Å². The van der Waals surface area contributed by atoms with Crippen LogP contribution in [0.15, 0.2) is 54.6 Å². The summed E-state index contributed by atoms with van der Waals surface area (Å²) in [4.78, 5) is 12.1. The van der Waals surface area contributed by atoms with Crippen LogP contribution < -0.4 is 10.6 Å². The van der Waals surface area contributed by atoms with Crippen LogP contribution in [0.1, 0.15) is 16.1 Å². The molecule has 26 heavy (non-hydrogen) atoms. The van der Waals surface area contributed by atoms with Crippen LogP contribution in [0.25, 0.3) is 0 Å². The van der Waals surface area contributed by atoms with Crippen molar-refractivity contribution in [1.82, 2.24) is 15.5 Å². The Hall–Kier alpha value is -3.06. The number of benzene rings is 2. The van der Waals surface area contributed by atoms with Gasteiger partial charge in [-0.15, -0.1) is 10.2 Å². The Bertz CT molecular complexity index is 897. The van der Waals surface area contributed by atoms with Crippen molar-refractivity contribution < 1.29 is 13.6 Å². The Balaban J connectivity index is 1.63. The summed E-state index contributed by atoms with van der Waals surface area (Å²) in [5.74, 6) is -1.81. The van der Waals surface area contributed by atoms with E-state index < -0.39 is 17.5 Å². The zero-order chi connectivity index (χ0) is 18.5. The second kappa shape index (κ2) is 7.88. The minimum atomic E-state index is -0.753. The summed E-state index contributed by atoms with van der Waals surface area (Å²) < 4.78 is 27.2. The minimum absolute atomic E-state index is 0.0820. The average molecular weight is 375 g/mol. The Labute approximate surface area is 153 Å². The van der Waals surface area contributed by atoms with E-state index in [1.54, 1.807) is 24.3 Å². The van der Waals surface area contributed by atoms with Gasteiger partial charge in [0.2, 0.25) is 0 Å². The van der Waals surface area contributed by atoms with Gasteiger partial charge in [-0.25, -0.2) is 8.78 Å². The Morgan fingerprint density at radius 3 is 2.27 bits per heavy atom. The smallest absolute Gasteiger partial charge is 0.272 e. The number of amides is 1. The number of carbonyl (C=O) groups excluding carboxylic acids is 1. The van der Waals surface area contributed by atoms with Gasteiger partial charge in [-0.3, -0.25) is 4.79 Å². The topological polar surface area (TPSA) is 66.9 Å². The maximum Gasteiger partial charge on any atom is 0.272 e. The highest BCUT2D eigenvalue weighted by Gasteiger charge is 2.11. The number of para-hydroxylation sites is 1. The first-order chi connectivity index (χ1) is 12.5. The molecule has 8 heteroatoms. The molecule has 1 heterocycles. The zero-order valence-electron chi connectivity index (χ0n) is 13.3. The molecule has 0 saturated carbocycles. The molecule has 0 aliphatic carbocycles. The molecule has 1 aromatic heterocycles. The third-order valence-corrected chi connectivity index (χ3v) is 3.73. The van der Waals surface area contributed by atoms with Gasteiger partial charge in [0, 0.05) is 11.6 Å². The van der Waals surface area contributed by atoms with E-state index >= 15 is 0 Å². The number of nitrogens with zero attached hydrogens (tertiary/aromatic N) is 2. The van der Waals surface area contributed by atoms with Gasteiger partial charge >= 0.3 is 0 Å². The fraction of sp³-hybridized carbons (Fsp3) is 0.0556. The fourth-order valence-corrected chi connectivity index (χ4v) is 2.27. The van der Waals surface area contributed by atoms with Crippen molar-refractivity contribution in [3.63, 3.8) is 0 Å². The molecule has 1 amide bonds. The first-order valence-electron chi connectivity index (χ1n) is 7.60. The maximum atomic E-state index is 13.6. The number of nitrogens with one attached hydrogen (secondary N) is 2. The van der Waals surface area contributed by atoms with Crippen molar-refractivity contribution in [2.75, 3.05) is 5.32 Å². The summed E-state index contributed by atoms with van der Waals surface area (Å²) in [6.07, 6.45) is 0. The number of rotatable bonds is 5. The van der Waals surface area contributed by atoms with Crippen LogP contribution in [0.2, 0.25) is 5.02 Å². The van der Waals surface area contributed by atoms with Gasteiger partial charge < -0.3 is 10.6 Å². The van der Waals surface area contributed by atoms with E-state index in [2.05, 4.69) is 20.8 Å². The summed E-state index contributed by atoms with van der Waals surface area (Å²) in [5, 5.41) is 13.4. The van der Waals surface area contributed by atoms with Crippen LogP contribution in [-0.4, -0.2) is 16.1 Å². The number of anilines is 2. The zero-order valence-corrected chi connectivity index (χ0v) is 14.1. The molecule has 0 aliphatic heterocycles. The van der Waals surface area contributed by atoms with Crippen LogP contribution >= 0.6 is 11.6 Å². The van der Waals surface area contributed by atoms with Crippen LogP contribution in [0.4, 0.5) is 20.3 Å². The molecule has 132 valence electrons. The first kappa shape index (κ1) is 17.8. The summed E-state index contributed by atoms with van der Waals surface area (Å²) in [7, 11) is 0. The molecule has 0 saturated heterocycles. The van der Waals surface area contributed by atoms with E-state index in [1.807, 2.05) is 0 Å². The summed E-state index contributed by atoms with van der Waals surface area (Å²) >= 11 is 5.80. The summed E-state index contributed by atoms with van der Waals surface area (Å²) in [6.45, 7) is 0.304. The molecule has 0 atom stereocenters. The quantitative estimate of drug-likeness (QED) is 0.706. The number of hydrogen-bond acceptors (Lipinski definition) is 4. The molecule has 0 unspecified atom stereocenters. The predicted octanol–water partition coefficient (Wildman–Crippen LogP) is 4.08. The van der Waals surface area contributed by atoms with Gasteiger partial charge in [0.05, 0.1) is 0 Å². The predicted molar refractivity (Wildman–Crippen MR) is 94.3 cm³/mol. The van der Waals surface area contributed by atoms with Crippen molar-refractivity contribution in [3.05, 3.63) is 82.5 Å². The molecule has 0 aliphatic rings. The van der Waals surface area contributed by atoms with Gasteiger partial charge in [0.15, 0.2) is 11.5 Å². The highest BCUT2D eigenvalue weighted by Crippen LogP contribution is 2.21. The van der Waals surface area contributed by atoms with E-state index in [1.165, 1.54) is 18.2 Å². The van der Waals surface area contributed by atoms with Crippen molar-refractivity contribution in [1.29, 1.82) is 0 Å². The number of hydrogen-bond donors (Lipinski definition) is 2. The van der Waals surface area contributed by atoms with Gasteiger partial charge in [-0.2, -0.15) is 0 Å². The second-order valence-corrected chi connectivity index (χ2v) is 5.77. The lowest BCUT2D eigenvalue weighted by Crippen LogP contribution is -2.24. The molecule has 0 bridgehead atoms. The molecule has 3 rings (SSSR count). The Morgan fingerprint density at radius 1 is 0.962 bits per heavy atom. The normalized spacial score (nSPS) is 10.4. The van der Waals surface area contributed by atoms with E-state index in [0.717, 1.165) is 17.7 Å². The van der Waals surface area contributed by atoms with Crippen LogP contribution in [0.3, 0.4) is 0 Å². The summed E-state index contributed by atoms with van der Waals surface area (Å²) in [6, 6.07) is 13.4. The highest BCUT2D eigenvalue weighted by atomic mass is 35.5. The van der Waals surface area contributed by atoms with Gasteiger partial charge in [0.25, 0.3) is 5.91 Å². The SMILES string of the molecule is O=C(NCc1ccc(Cl)cc1)c1ccc(Nc2c(F)cccc2F)nn1. The third kappa shape index (κ3) is 4.31. The summed E-state index contributed by atoms with van der Waals surface area (Å²) in [5.41, 5.74) is 0.629. The lowest BCUT2D eigenvalue weighted by molar-refractivity contribution is 0.0945. The lowest BCUT2D eigenvalue weighted by atomic mass is 10.2. The van der Waals surface area contributed by atoms with Crippen molar-refractivity contribution in [2.45, 2.75) is 6.54 Å². The monoisotopic (exact) mass is 374 g/mol. The van der Waals surface area contributed by atoms with Crippen molar-refractivity contribution in [2.24, 2.45) is 0 Å². The van der Waals surface area contributed by atoms with Crippen molar-refractivity contribution in [3.8, 4) is 0 Å². The lowest BCUT2D eigenvalue weighted by Gasteiger charge is -2.08. The molecule has 2 aromatic carbocycles. The van der Waals surface area contributed by atoms with Gasteiger partial charge in [-0.1, -0.05) is 29.8 Å². The molecule has 0 fully saturated rings. The number of halogens is 3. The molecule has 0 radical (unpaired) electrons. The minimum Gasteiger partial charge on any atom is -0.347 e. The second-order valence-electron chi connectivity index (χ2n) is 5.33. The fourth-order valence-electron chi connectivity index (χ4n) is 2.14. The average Bonchev–Trinajstić information content (AvgIpc) is 2.65. The van der Waals surface area contributed by atoms with E-state index in [-0.39, 0.29) is 17.2 Å². The van der Waals surface area contributed by atoms with Gasteiger partial charge in [-0.05, 0) is 42.0 Å². The van der Waals surface area contributed by atoms with Crippen molar-refractivity contribution >= 4 is 29.0 Å². The molecule has 3 aromatic rings. The standard InChI is InChI=1S/C18H13ClF2N4O/c19-12-6-4-11(5-7-12)10-22-18(26)15-8-9-16(25-24-15)23-17-13(20)2-1-3-14(17)21/h1-9H,10H2,(H,22,26)(H,23,25). The molecular weight excluding hydrogens is 362 g/mol. The van der Waals surface area contributed by atoms with Crippen LogP contribution in [0.5, 0.6) is 0 Å². The highest BCUT2D eigenvalue weighted by molar-refractivity contribution is 6.30. The maximum absolute atomic E-state index is 13.6. The third-order valence-electron chi connectivity index (χ3n) is 3.48. The molecule has 5 nitrogen and oxygen atoms in total. The Kier molecular flexibility index (Phi) is 5.38. The molecule has 0 spiro atoms. The van der Waals surface area contributed by atoms with Gasteiger partial charge in [0.1, 0.15) is 17.3 Å². The first-order valence-corrected chi connectivity index (χ1v) is 7.98. The Morgan fingerprint density at radius 2 is 1.65 bits per heavy atom. The number of aromatic nitrogens is 2. The molecular formula is C18H13ClF2N4O. The largest absolute Gasteiger partial charge is 0.347 e. The van der Waals surface area contributed by atoms with E-state index in [4.69, 9.17) is 11.6 Å². The molecule has 2 N–H and O–H groups in total.